The Morgan fingerprint density at radius 2 is 1.72 bits per heavy atom. The highest BCUT2D eigenvalue weighted by molar-refractivity contribution is 6.06. The summed E-state index contributed by atoms with van der Waals surface area (Å²) in [4.78, 5) is 47.5. The summed E-state index contributed by atoms with van der Waals surface area (Å²) >= 11 is 0. The summed E-state index contributed by atoms with van der Waals surface area (Å²) in [6.45, 7) is 9.84. The third-order valence-electron chi connectivity index (χ3n) is 9.00. The number of nitrogens with zero attached hydrogens (tertiary/aromatic N) is 3. The second-order valence-corrected chi connectivity index (χ2v) is 10.7. The fourth-order valence-electron chi connectivity index (χ4n) is 7.01. The molecule has 0 saturated carbocycles. The number of aliphatic hydroxyl groups is 1. The van der Waals surface area contributed by atoms with E-state index in [2.05, 4.69) is 18.7 Å². The Kier molecular flexibility index (Phi) is 7.33. The van der Waals surface area contributed by atoms with Crippen LogP contribution in [0.1, 0.15) is 40.5 Å². The predicted octanol–water partition coefficient (Wildman–Crippen LogP) is 2.68. The molecule has 0 radical (unpaired) electrons. The maximum atomic E-state index is 14.5. The van der Waals surface area contributed by atoms with Crippen LogP contribution in [-0.4, -0.2) is 83.9 Å². The molecule has 9 heteroatoms. The van der Waals surface area contributed by atoms with E-state index in [0.29, 0.717) is 25.1 Å². The van der Waals surface area contributed by atoms with Crippen molar-refractivity contribution >= 4 is 29.2 Å². The van der Waals surface area contributed by atoms with Gasteiger partial charge in [0.15, 0.2) is 0 Å². The average molecular weight is 538 g/mol. The van der Waals surface area contributed by atoms with Crippen LogP contribution in [0.4, 0.5) is 11.4 Å². The van der Waals surface area contributed by atoms with Crippen molar-refractivity contribution < 1.29 is 29.0 Å². The summed E-state index contributed by atoms with van der Waals surface area (Å²) in [6.07, 6.45) is 8.16. The average Bonchev–Trinajstić information content (AvgIpc) is 3.23. The van der Waals surface area contributed by atoms with Crippen molar-refractivity contribution in [3.8, 4) is 0 Å². The van der Waals surface area contributed by atoms with Crippen LogP contribution in [0.2, 0.25) is 0 Å². The first-order valence-electron chi connectivity index (χ1n) is 14.1. The fraction of sp³-hybridized carbons (Fsp3) is 0.567. The molecule has 39 heavy (non-hydrogen) atoms. The van der Waals surface area contributed by atoms with Gasteiger partial charge in [0.25, 0.3) is 5.91 Å². The lowest BCUT2D eigenvalue weighted by Gasteiger charge is -2.40. The smallest absolute Gasteiger partial charge is 0.313 e. The summed E-state index contributed by atoms with van der Waals surface area (Å²) in [7, 11) is 0. The van der Waals surface area contributed by atoms with Crippen LogP contribution < -0.4 is 9.80 Å². The quantitative estimate of drug-likeness (QED) is 0.402. The number of benzene rings is 1. The molecule has 4 aliphatic rings. The monoisotopic (exact) mass is 537 g/mol. The number of anilines is 2. The molecule has 5 rings (SSSR count). The van der Waals surface area contributed by atoms with E-state index >= 15 is 0 Å². The first-order valence-corrected chi connectivity index (χ1v) is 14.1. The van der Waals surface area contributed by atoms with Crippen molar-refractivity contribution in [1.29, 1.82) is 0 Å². The van der Waals surface area contributed by atoms with Crippen molar-refractivity contribution in [1.82, 2.24) is 4.90 Å². The number of amides is 2. The number of cyclic esters (lactones) is 1. The number of aliphatic hydroxyl groups excluding tert-OH is 1. The van der Waals surface area contributed by atoms with E-state index in [0.717, 1.165) is 18.8 Å². The van der Waals surface area contributed by atoms with Crippen LogP contribution in [0.5, 0.6) is 0 Å². The molecule has 1 aromatic rings. The molecule has 0 bridgehead atoms. The number of carbonyl (C=O) groups excluding carboxylic acids is 3. The number of hydrogen-bond acceptors (Lipinski definition) is 7. The molecular weight excluding hydrogens is 498 g/mol. The van der Waals surface area contributed by atoms with Gasteiger partial charge in [-0.2, -0.15) is 0 Å². The third kappa shape index (κ3) is 4.00. The Morgan fingerprint density at radius 3 is 2.33 bits per heavy atom. The zero-order chi connectivity index (χ0) is 27.9. The minimum absolute atomic E-state index is 0.113. The molecule has 4 heterocycles. The van der Waals surface area contributed by atoms with Crippen molar-refractivity contribution in [2.45, 2.75) is 63.8 Å². The van der Waals surface area contributed by atoms with Gasteiger partial charge in [0.2, 0.25) is 5.91 Å². The van der Waals surface area contributed by atoms with Gasteiger partial charge in [-0.3, -0.25) is 14.4 Å². The second-order valence-electron chi connectivity index (χ2n) is 10.7. The summed E-state index contributed by atoms with van der Waals surface area (Å²) in [5, 5.41) is 10.3. The second kappa shape index (κ2) is 10.4. The molecule has 1 aromatic carbocycles. The van der Waals surface area contributed by atoms with Gasteiger partial charge in [0.05, 0.1) is 18.6 Å². The minimum Gasteiger partial charge on any atom is -0.461 e. The van der Waals surface area contributed by atoms with E-state index in [1.54, 1.807) is 11.0 Å². The maximum absolute atomic E-state index is 14.5. The first kappa shape index (κ1) is 27.4. The molecule has 2 saturated heterocycles. The molecule has 1 unspecified atom stereocenters. The molecule has 4 aliphatic heterocycles. The topological polar surface area (TPSA) is 99.6 Å². The van der Waals surface area contributed by atoms with E-state index in [4.69, 9.17) is 9.47 Å². The predicted molar refractivity (Wildman–Crippen MR) is 147 cm³/mol. The maximum Gasteiger partial charge on any atom is 0.313 e. The van der Waals surface area contributed by atoms with Gasteiger partial charge in [-0.25, -0.2) is 0 Å². The Labute approximate surface area is 230 Å². The molecule has 210 valence electrons. The Bertz CT molecular complexity index is 1170. The van der Waals surface area contributed by atoms with Crippen LogP contribution >= 0.6 is 0 Å². The first-order chi connectivity index (χ1) is 18.8. The molecule has 1 spiro atoms. The van der Waals surface area contributed by atoms with E-state index in [-0.39, 0.29) is 25.0 Å². The Morgan fingerprint density at radius 1 is 1.00 bits per heavy atom. The van der Waals surface area contributed by atoms with Gasteiger partial charge >= 0.3 is 5.97 Å². The standard InChI is InChI=1S/C30H39N3O6/c1-5-20(19-34)33-25-27(36)32(22-13-11-21(12-14-22)31(7-3)8-4)17-9-16-30(25)23(26(33)35)24-28(37)38-18-10-15-29(24,6-2)39-30/h9-16,20,23-25,34H,5-8,17-19H2,1-4H3/t20-,23-,24-,25?,29+,30-/m0/s1. The zero-order valence-corrected chi connectivity index (χ0v) is 23.2. The van der Waals surface area contributed by atoms with Crippen molar-refractivity contribution in [2.24, 2.45) is 11.8 Å². The minimum atomic E-state index is -1.37. The lowest BCUT2D eigenvalue weighted by atomic mass is 9.73. The van der Waals surface area contributed by atoms with Gasteiger partial charge in [-0.1, -0.05) is 32.1 Å². The van der Waals surface area contributed by atoms with Gasteiger partial charge < -0.3 is 29.3 Å². The van der Waals surface area contributed by atoms with Crippen molar-refractivity contribution in [3.63, 3.8) is 0 Å². The van der Waals surface area contributed by atoms with Crippen LogP contribution in [0, 0.1) is 11.8 Å². The summed E-state index contributed by atoms with van der Waals surface area (Å²) in [5.41, 5.74) is -0.655. The lowest BCUT2D eigenvalue weighted by Crippen LogP contribution is -2.59. The Balaban J connectivity index is 1.62. The highest BCUT2D eigenvalue weighted by Gasteiger charge is 2.76. The van der Waals surface area contributed by atoms with E-state index in [9.17, 15) is 19.5 Å². The number of esters is 1. The number of ether oxygens (including phenoxy) is 2. The number of fused-ring (bicyclic) bond motifs is 2. The number of likely N-dealkylation sites (tertiary alicyclic amines) is 1. The van der Waals surface area contributed by atoms with Gasteiger partial charge in [-0.05, 0) is 57.0 Å². The molecule has 9 nitrogen and oxygen atoms in total. The molecule has 2 fully saturated rings. The summed E-state index contributed by atoms with van der Waals surface area (Å²) in [5.74, 6) is -2.98. The fourth-order valence-corrected chi connectivity index (χ4v) is 7.01. The molecule has 2 amide bonds. The summed E-state index contributed by atoms with van der Waals surface area (Å²) < 4.78 is 12.3. The molecule has 0 aliphatic carbocycles. The largest absolute Gasteiger partial charge is 0.461 e. The third-order valence-corrected chi connectivity index (χ3v) is 9.00. The summed E-state index contributed by atoms with van der Waals surface area (Å²) in [6, 6.07) is 6.22. The van der Waals surface area contributed by atoms with Crippen LogP contribution in [0.3, 0.4) is 0 Å². The van der Waals surface area contributed by atoms with Crippen LogP contribution in [0.25, 0.3) is 0 Å². The van der Waals surface area contributed by atoms with E-state index < -0.39 is 41.1 Å². The molecule has 0 aromatic heterocycles. The Hall–Kier alpha value is -3.17. The molecule has 6 atom stereocenters. The zero-order valence-electron chi connectivity index (χ0n) is 23.2. The molecule has 1 N–H and O–H groups in total. The molecular formula is C30H39N3O6. The number of hydrogen-bond donors (Lipinski definition) is 1. The lowest BCUT2D eigenvalue weighted by molar-refractivity contribution is -0.159. The number of carbonyl (C=O) groups is 3. The highest BCUT2D eigenvalue weighted by Crippen LogP contribution is 2.58. The van der Waals surface area contributed by atoms with E-state index in [1.165, 1.54) is 4.90 Å². The number of rotatable bonds is 8. The van der Waals surface area contributed by atoms with Crippen molar-refractivity contribution in [2.75, 3.05) is 42.6 Å². The highest BCUT2D eigenvalue weighted by atomic mass is 16.6. The van der Waals surface area contributed by atoms with Crippen LogP contribution in [0.15, 0.2) is 48.6 Å². The van der Waals surface area contributed by atoms with E-state index in [1.807, 2.05) is 56.3 Å². The normalized spacial score (nSPS) is 32.3. The SMILES string of the molecule is CC[C@@H](CO)N1C(=O)[C@@H]2[C@H]3C(=O)OCC=C[C@@]3(CC)O[C@@]23C=CCN(c2ccc(N(CC)CC)cc2)C(=O)C13. The van der Waals surface area contributed by atoms with Gasteiger partial charge in [0.1, 0.15) is 29.8 Å². The van der Waals surface area contributed by atoms with Crippen LogP contribution in [-0.2, 0) is 23.9 Å². The van der Waals surface area contributed by atoms with Gasteiger partial charge in [-0.15, -0.1) is 0 Å². The van der Waals surface area contributed by atoms with Crippen molar-refractivity contribution in [3.05, 3.63) is 48.6 Å². The van der Waals surface area contributed by atoms with Gasteiger partial charge in [0, 0.05) is 31.0 Å².